The van der Waals surface area contributed by atoms with Gasteiger partial charge in [-0.2, -0.15) is 11.8 Å². The molecule has 4 heteroatoms. The third-order valence-electron chi connectivity index (χ3n) is 2.82. The number of ether oxygens (including phenoxy) is 2. The molecule has 1 N–H and O–H groups in total. The molecule has 1 atom stereocenters. The summed E-state index contributed by atoms with van der Waals surface area (Å²) in [4.78, 5) is 0. The lowest BCUT2D eigenvalue weighted by atomic mass is 10.0. The van der Waals surface area contributed by atoms with Crippen molar-refractivity contribution in [1.29, 1.82) is 0 Å². The molecule has 0 amide bonds. The molecular formula is C12H24O3S. The zero-order chi connectivity index (χ0) is 11.6. The third kappa shape index (κ3) is 6.74. The van der Waals surface area contributed by atoms with Crippen molar-refractivity contribution in [2.75, 3.05) is 32.7 Å². The van der Waals surface area contributed by atoms with Crippen LogP contribution in [0.2, 0.25) is 0 Å². The Balaban J connectivity index is 1.94. The summed E-state index contributed by atoms with van der Waals surface area (Å²) in [6, 6.07) is 0. The second-order valence-corrected chi connectivity index (χ2v) is 5.65. The van der Waals surface area contributed by atoms with Gasteiger partial charge in [0.05, 0.1) is 25.9 Å². The van der Waals surface area contributed by atoms with Crippen LogP contribution < -0.4 is 0 Å². The maximum atomic E-state index is 9.69. The molecule has 96 valence electrons. The Kier molecular flexibility index (Phi) is 8.29. The van der Waals surface area contributed by atoms with Gasteiger partial charge in [-0.3, -0.25) is 0 Å². The molecule has 1 fully saturated rings. The minimum Gasteiger partial charge on any atom is -0.390 e. The van der Waals surface area contributed by atoms with Gasteiger partial charge >= 0.3 is 0 Å². The number of aliphatic hydroxyl groups is 1. The van der Waals surface area contributed by atoms with Gasteiger partial charge in [0, 0.05) is 18.1 Å². The van der Waals surface area contributed by atoms with Gasteiger partial charge in [-0.15, -0.1) is 0 Å². The number of methoxy groups -OCH3 is 1. The Morgan fingerprint density at radius 1 is 1.25 bits per heavy atom. The van der Waals surface area contributed by atoms with Gasteiger partial charge in [0.25, 0.3) is 0 Å². The van der Waals surface area contributed by atoms with Crippen molar-refractivity contribution < 1.29 is 14.6 Å². The molecule has 0 aromatic rings. The van der Waals surface area contributed by atoms with Crippen LogP contribution in [0.5, 0.6) is 0 Å². The molecule has 1 aliphatic carbocycles. The number of thioether (sulfide) groups is 1. The van der Waals surface area contributed by atoms with Gasteiger partial charge in [0.15, 0.2) is 0 Å². The van der Waals surface area contributed by atoms with Gasteiger partial charge in [0.1, 0.15) is 0 Å². The van der Waals surface area contributed by atoms with Crippen LogP contribution in [0.1, 0.15) is 32.1 Å². The summed E-state index contributed by atoms with van der Waals surface area (Å²) in [7, 11) is 1.65. The highest BCUT2D eigenvalue weighted by Gasteiger charge is 2.15. The summed E-state index contributed by atoms with van der Waals surface area (Å²) in [6.07, 6.45) is 6.42. The number of rotatable bonds is 8. The fraction of sp³-hybridized carbons (Fsp3) is 1.00. The van der Waals surface area contributed by atoms with Crippen molar-refractivity contribution in [1.82, 2.24) is 0 Å². The molecule has 0 bridgehead atoms. The Morgan fingerprint density at radius 2 is 2.00 bits per heavy atom. The van der Waals surface area contributed by atoms with Crippen LogP contribution >= 0.6 is 11.8 Å². The molecule has 0 heterocycles. The number of aliphatic hydroxyl groups excluding tert-OH is 1. The fourth-order valence-corrected chi connectivity index (χ4v) is 3.15. The lowest BCUT2D eigenvalue weighted by molar-refractivity contribution is 0.0218. The van der Waals surface area contributed by atoms with E-state index in [1.165, 1.54) is 32.1 Å². The van der Waals surface area contributed by atoms with Crippen molar-refractivity contribution in [2.24, 2.45) is 0 Å². The average Bonchev–Trinajstić information content (AvgIpc) is 2.33. The molecule has 16 heavy (non-hydrogen) atoms. The van der Waals surface area contributed by atoms with Crippen LogP contribution in [0.3, 0.4) is 0 Å². The molecular weight excluding hydrogens is 224 g/mol. The van der Waals surface area contributed by atoms with Crippen LogP contribution in [0.25, 0.3) is 0 Å². The van der Waals surface area contributed by atoms with Crippen molar-refractivity contribution in [2.45, 2.75) is 43.5 Å². The van der Waals surface area contributed by atoms with E-state index in [1.54, 1.807) is 7.11 Å². The van der Waals surface area contributed by atoms with Gasteiger partial charge in [-0.25, -0.2) is 0 Å². The summed E-state index contributed by atoms with van der Waals surface area (Å²) in [5.41, 5.74) is 0. The zero-order valence-electron chi connectivity index (χ0n) is 10.2. The smallest absolute Gasteiger partial charge is 0.0863 e. The molecule has 1 rings (SSSR count). The largest absolute Gasteiger partial charge is 0.390 e. The molecule has 1 aliphatic rings. The topological polar surface area (TPSA) is 38.7 Å². The first-order valence-corrected chi connectivity index (χ1v) is 7.24. The summed E-state index contributed by atoms with van der Waals surface area (Å²) < 4.78 is 10.2. The Bertz CT molecular complexity index is 160. The predicted octanol–water partition coefficient (Wildman–Crippen LogP) is 2.08. The monoisotopic (exact) mass is 248 g/mol. The molecule has 1 saturated carbocycles. The van der Waals surface area contributed by atoms with Crippen LogP contribution in [-0.2, 0) is 9.47 Å². The highest BCUT2D eigenvalue weighted by molar-refractivity contribution is 7.99. The first-order valence-electron chi connectivity index (χ1n) is 6.19. The first-order chi connectivity index (χ1) is 7.83. The van der Waals surface area contributed by atoms with Gasteiger partial charge in [0.2, 0.25) is 0 Å². The second kappa shape index (κ2) is 9.28. The molecule has 0 spiro atoms. The van der Waals surface area contributed by atoms with Crippen molar-refractivity contribution >= 4 is 11.8 Å². The predicted molar refractivity (Wildman–Crippen MR) is 68.0 cm³/mol. The maximum absolute atomic E-state index is 9.69. The number of hydrogen-bond acceptors (Lipinski definition) is 4. The molecule has 0 aliphatic heterocycles. The molecule has 0 aromatic heterocycles. The Hall–Kier alpha value is 0.230. The van der Waals surface area contributed by atoms with E-state index in [2.05, 4.69) is 0 Å². The molecule has 0 aromatic carbocycles. The second-order valence-electron chi connectivity index (χ2n) is 4.31. The minimum absolute atomic E-state index is 0.330. The van der Waals surface area contributed by atoms with E-state index in [-0.39, 0.29) is 6.10 Å². The van der Waals surface area contributed by atoms with Crippen molar-refractivity contribution in [3.05, 3.63) is 0 Å². The van der Waals surface area contributed by atoms with Crippen molar-refractivity contribution in [3.63, 3.8) is 0 Å². The zero-order valence-corrected chi connectivity index (χ0v) is 11.0. The molecule has 0 saturated heterocycles. The first kappa shape index (κ1) is 14.3. The van der Waals surface area contributed by atoms with Crippen LogP contribution in [0.15, 0.2) is 0 Å². The minimum atomic E-state index is -0.330. The Morgan fingerprint density at radius 3 is 2.69 bits per heavy atom. The van der Waals surface area contributed by atoms with Gasteiger partial charge in [-0.05, 0) is 12.8 Å². The number of hydrogen-bond donors (Lipinski definition) is 1. The SMILES string of the molecule is COCCOCC(O)CSC1CCCCC1. The van der Waals surface area contributed by atoms with Crippen molar-refractivity contribution in [3.8, 4) is 0 Å². The van der Waals surface area contributed by atoms with E-state index in [0.29, 0.717) is 19.8 Å². The third-order valence-corrected chi connectivity index (χ3v) is 4.34. The van der Waals surface area contributed by atoms with Crippen LogP contribution in [0.4, 0.5) is 0 Å². The van der Waals surface area contributed by atoms with Crippen LogP contribution in [-0.4, -0.2) is 49.1 Å². The standard InChI is InChI=1S/C12H24O3S/c1-14-7-8-15-9-11(13)10-16-12-5-3-2-4-6-12/h11-13H,2-10H2,1H3. The summed E-state index contributed by atoms with van der Waals surface area (Å²) >= 11 is 1.91. The quantitative estimate of drug-likeness (QED) is 0.668. The van der Waals surface area contributed by atoms with Gasteiger partial charge in [-0.1, -0.05) is 19.3 Å². The molecule has 0 radical (unpaired) electrons. The van der Waals surface area contributed by atoms with E-state index in [0.717, 1.165) is 11.0 Å². The average molecular weight is 248 g/mol. The van der Waals surface area contributed by atoms with Gasteiger partial charge < -0.3 is 14.6 Å². The fourth-order valence-electron chi connectivity index (χ4n) is 1.89. The summed E-state index contributed by atoms with van der Waals surface area (Å²) in [5, 5.41) is 10.5. The lowest BCUT2D eigenvalue weighted by Gasteiger charge is -2.22. The lowest BCUT2D eigenvalue weighted by Crippen LogP contribution is -2.21. The van der Waals surface area contributed by atoms with E-state index < -0.39 is 0 Å². The van der Waals surface area contributed by atoms with E-state index >= 15 is 0 Å². The maximum Gasteiger partial charge on any atom is 0.0863 e. The van der Waals surface area contributed by atoms with Crippen LogP contribution in [0, 0.1) is 0 Å². The molecule has 1 unspecified atom stereocenters. The van der Waals surface area contributed by atoms with E-state index in [1.807, 2.05) is 11.8 Å². The van der Waals surface area contributed by atoms with E-state index in [9.17, 15) is 5.11 Å². The summed E-state index contributed by atoms with van der Waals surface area (Å²) in [6.45, 7) is 1.60. The Labute approximate surface area is 103 Å². The summed E-state index contributed by atoms with van der Waals surface area (Å²) in [5.74, 6) is 0.803. The van der Waals surface area contributed by atoms with E-state index in [4.69, 9.17) is 9.47 Å². The molecule has 3 nitrogen and oxygen atoms in total. The highest BCUT2D eigenvalue weighted by Crippen LogP contribution is 2.28. The normalized spacial score (nSPS) is 19.9. The highest BCUT2D eigenvalue weighted by atomic mass is 32.2.